The van der Waals surface area contributed by atoms with E-state index in [9.17, 15) is 27.5 Å². The standard InChI is InChI=1S/C23H28FN3O6S/c1-14(2)20-18(12-10-17(28)11-13-19(29)22(30)33-4)21(15-6-8-16(24)9-7-15)26-23(25-20)27(3)34(5,31)32/h6-10,12,14,19,29H,11,13H2,1-5H3. The number of carbonyl (C=O) groups excluding carboxylic acids is 2. The van der Waals surface area contributed by atoms with E-state index in [1.54, 1.807) is 0 Å². The van der Waals surface area contributed by atoms with Crippen LogP contribution in [0.1, 0.15) is 43.9 Å². The molecule has 184 valence electrons. The number of benzene rings is 1. The highest BCUT2D eigenvalue weighted by Crippen LogP contribution is 2.31. The predicted molar refractivity (Wildman–Crippen MR) is 126 cm³/mol. The third-order valence-corrected chi connectivity index (χ3v) is 6.14. The van der Waals surface area contributed by atoms with Gasteiger partial charge in [0.2, 0.25) is 16.0 Å². The third kappa shape index (κ3) is 6.91. The van der Waals surface area contributed by atoms with Crippen LogP contribution in [0.15, 0.2) is 30.3 Å². The van der Waals surface area contributed by atoms with Gasteiger partial charge in [-0.2, -0.15) is 0 Å². The summed E-state index contributed by atoms with van der Waals surface area (Å²) in [6.45, 7) is 3.71. The molecule has 1 N–H and O–H groups in total. The van der Waals surface area contributed by atoms with E-state index in [1.807, 2.05) is 13.8 Å². The zero-order valence-electron chi connectivity index (χ0n) is 19.6. The maximum Gasteiger partial charge on any atom is 0.334 e. The van der Waals surface area contributed by atoms with Gasteiger partial charge < -0.3 is 9.84 Å². The van der Waals surface area contributed by atoms with Crippen molar-refractivity contribution in [3.8, 4) is 11.3 Å². The Morgan fingerprint density at radius 2 is 1.82 bits per heavy atom. The van der Waals surface area contributed by atoms with Gasteiger partial charge in [0, 0.05) is 24.6 Å². The summed E-state index contributed by atoms with van der Waals surface area (Å²) in [6.07, 6.45) is 2.19. The van der Waals surface area contributed by atoms with Crippen molar-refractivity contribution in [1.29, 1.82) is 0 Å². The number of aliphatic hydroxyl groups is 1. The summed E-state index contributed by atoms with van der Waals surface area (Å²) in [4.78, 5) is 32.5. The highest BCUT2D eigenvalue weighted by atomic mass is 32.2. The number of allylic oxidation sites excluding steroid dienone is 1. The summed E-state index contributed by atoms with van der Waals surface area (Å²) in [5.74, 6) is -1.87. The summed E-state index contributed by atoms with van der Waals surface area (Å²) in [5.41, 5.74) is 1.78. The fourth-order valence-corrected chi connectivity index (χ4v) is 3.37. The van der Waals surface area contributed by atoms with Crippen LogP contribution in [0, 0.1) is 5.82 Å². The van der Waals surface area contributed by atoms with Gasteiger partial charge in [0.15, 0.2) is 11.9 Å². The maximum absolute atomic E-state index is 13.5. The topological polar surface area (TPSA) is 127 Å². The third-order valence-electron chi connectivity index (χ3n) is 4.98. The monoisotopic (exact) mass is 493 g/mol. The summed E-state index contributed by atoms with van der Waals surface area (Å²) in [7, 11) is -1.18. The van der Waals surface area contributed by atoms with Crippen LogP contribution < -0.4 is 4.31 Å². The van der Waals surface area contributed by atoms with Crippen molar-refractivity contribution in [2.24, 2.45) is 0 Å². The smallest absolute Gasteiger partial charge is 0.334 e. The van der Waals surface area contributed by atoms with Crippen molar-refractivity contribution in [3.05, 3.63) is 47.4 Å². The number of carbonyl (C=O) groups is 2. The molecule has 9 nitrogen and oxygen atoms in total. The number of sulfonamides is 1. The Balaban J connectivity index is 2.56. The fourth-order valence-electron chi connectivity index (χ4n) is 2.99. The van der Waals surface area contributed by atoms with Crippen LogP contribution in [-0.2, 0) is 24.3 Å². The van der Waals surface area contributed by atoms with E-state index < -0.39 is 27.9 Å². The van der Waals surface area contributed by atoms with E-state index in [1.165, 1.54) is 43.5 Å². The second kappa shape index (κ2) is 11.3. The van der Waals surface area contributed by atoms with Crippen molar-refractivity contribution in [3.63, 3.8) is 0 Å². The van der Waals surface area contributed by atoms with Crippen LogP contribution in [0.5, 0.6) is 0 Å². The predicted octanol–water partition coefficient (Wildman–Crippen LogP) is 2.70. The number of hydrogen-bond donors (Lipinski definition) is 1. The molecule has 2 rings (SSSR count). The number of esters is 1. The molecular weight excluding hydrogens is 465 g/mol. The van der Waals surface area contributed by atoms with Gasteiger partial charge in [-0.1, -0.05) is 13.8 Å². The summed E-state index contributed by atoms with van der Waals surface area (Å²) >= 11 is 0. The van der Waals surface area contributed by atoms with Crippen LogP contribution >= 0.6 is 0 Å². The van der Waals surface area contributed by atoms with Crippen molar-refractivity contribution >= 4 is 33.8 Å². The first kappa shape index (κ1) is 27.1. The van der Waals surface area contributed by atoms with Crippen molar-refractivity contribution in [2.45, 2.75) is 38.7 Å². The molecule has 0 radical (unpaired) electrons. The number of aromatic nitrogens is 2. The average molecular weight is 494 g/mol. The number of ketones is 1. The molecule has 1 aromatic carbocycles. The minimum Gasteiger partial charge on any atom is -0.467 e. The van der Waals surface area contributed by atoms with Crippen molar-refractivity contribution in [2.75, 3.05) is 24.7 Å². The van der Waals surface area contributed by atoms with Gasteiger partial charge in [-0.3, -0.25) is 4.79 Å². The minimum absolute atomic E-state index is 0.0600. The minimum atomic E-state index is -3.65. The SMILES string of the molecule is COC(=O)C(O)CCC(=O)C=Cc1c(-c2ccc(F)cc2)nc(N(C)S(C)(=O)=O)nc1C(C)C. The highest BCUT2D eigenvalue weighted by molar-refractivity contribution is 7.92. The maximum atomic E-state index is 13.5. The van der Waals surface area contributed by atoms with E-state index in [4.69, 9.17) is 0 Å². The first-order chi connectivity index (χ1) is 15.8. The second-order valence-electron chi connectivity index (χ2n) is 7.94. The quantitative estimate of drug-likeness (QED) is 0.395. The number of nitrogens with zero attached hydrogens (tertiary/aromatic N) is 3. The Morgan fingerprint density at radius 1 is 1.21 bits per heavy atom. The van der Waals surface area contributed by atoms with Crippen LogP contribution in [0.25, 0.3) is 17.3 Å². The Labute approximate surface area is 198 Å². The molecule has 2 aromatic rings. The second-order valence-corrected chi connectivity index (χ2v) is 9.95. The first-order valence-electron chi connectivity index (χ1n) is 10.4. The Kier molecular flexibility index (Phi) is 9.00. The van der Waals surface area contributed by atoms with E-state index >= 15 is 0 Å². The molecule has 1 unspecified atom stereocenters. The highest BCUT2D eigenvalue weighted by Gasteiger charge is 2.22. The lowest BCUT2D eigenvalue weighted by molar-refractivity contribution is -0.150. The lowest BCUT2D eigenvalue weighted by Crippen LogP contribution is -2.27. The molecule has 34 heavy (non-hydrogen) atoms. The molecule has 1 heterocycles. The largest absolute Gasteiger partial charge is 0.467 e. The number of rotatable bonds is 10. The van der Waals surface area contributed by atoms with Crippen LogP contribution in [0.4, 0.5) is 10.3 Å². The Bertz CT molecular complexity index is 1180. The van der Waals surface area contributed by atoms with E-state index in [-0.39, 0.29) is 30.5 Å². The lowest BCUT2D eigenvalue weighted by Gasteiger charge is -2.20. The molecular formula is C23H28FN3O6S. The molecule has 1 atom stereocenters. The van der Waals surface area contributed by atoms with Gasteiger partial charge in [0.1, 0.15) is 5.82 Å². The molecule has 0 aliphatic heterocycles. The zero-order valence-corrected chi connectivity index (χ0v) is 20.5. The molecule has 1 aromatic heterocycles. The van der Waals surface area contributed by atoms with Gasteiger partial charge in [0.05, 0.1) is 24.8 Å². The molecule has 0 aliphatic rings. The Hall–Kier alpha value is -3.18. The first-order valence-corrected chi connectivity index (χ1v) is 12.3. The molecule has 0 saturated carbocycles. The number of halogens is 1. The van der Waals surface area contributed by atoms with Crippen LogP contribution in [0.2, 0.25) is 0 Å². The van der Waals surface area contributed by atoms with Gasteiger partial charge in [-0.25, -0.2) is 31.9 Å². The number of anilines is 1. The Morgan fingerprint density at radius 3 is 2.35 bits per heavy atom. The van der Waals surface area contributed by atoms with E-state index in [0.29, 0.717) is 22.5 Å². The molecule has 11 heteroatoms. The molecule has 0 amide bonds. The van der Waals surface area contributed by atoms with E-state index in [0.717, 1.165) is 17.7 Å². The average Bonchev–Trinajstić information content (AvgIpc) is 2.79. The molecule has 0 bridgehead atoms. The molecule has 0 saturated heterocycles. The number of aliphatic hydroxyl groups excluding tert-OH is 1. The summed E-state index contributed by atoms with van der Waals surface area (Å²) in [6, 6.07) is 5.49. The van der Waals surface area contributed by atoms with Gasteiger partial charge >= 0.3 is 5.97 Å². The van der Waals surface area contributed by atoms with Crippen LogP contribution in [0.3, 0.4) is 0 Å². The van der Waals surface area contributed by atoms with E-state index in [2.05, 4.69) is 14.7 Å². The number of hydrogen-bond acceptors (Lipinski definition) is 8. The fraction of sp³-hybridized carbons (Fsp3) is 0.391. The van der Waals surface area contributed by atoms with Gasteiger partial charge in [-0.15, -0.1) is 0 Å². The molecule has 0 aliphatic carbocycles. The van der Waals surface area contributed by atoms with Gasteiger partial charge in [-0.05, 0) is 48.8 Å². The van der Waals surface area contributed by atoms with Crippen molar-refractivity contribution in [1.82, 2.24) is 9.97 Å². The zero-order chi connectivity index (χ0) is 25.6. The molecule has 0 spiro atoms. The summed E-state index contributed by atoms with van der Waals surface area (Å²) < 4.78 is 43.1. The number of ether oxygens (including phenoxy) is 1. The number of methoxy groups -OCH3 is 1. The van der Waals surface area contributed by atoms with Crippen LogP contribution in [-0.4, -0.2) is 61.8 Å². The van der Waals surface area contributed by atoms with Gasteiger partial charge in [0.25, 0.3) is 0 Å². The summed E-state index contributed by atoms with van der Waals surface area (Å²) in [5, 5.41) is 9.68. The molecule has 0 fully saturated rings. The lowest BCUT2D eigenvalue weighted by atomic mass is 9.97. The normalized spacial score (nSPS) is 12.7. The van der Waals surface area contributed by atoms with Crippen molar-refractivity contribution < 1.29 is 32.2 Å².